The number of Topliss-reactive ketones (excluding diaryl/α,β-unsaturated/α-hetero) is 1. The van der Waals surface area contributed by atoms with E-state index in [-0.39, 0.29) is 11.2 Å². The number of rotatable bonds is 2. The van der Waals surface area contributed by atoms with Gasteiger partial charge in [0.25, 0.3) is 0 Å². The smallest absolute Gasteiger partial charge is 0.160 e. The molecule has 3 saturated heterocycles. The summed E-state index contributed by atoms with van der Waals surface area (Å²) in [5.74, 6) is 0.212. The summed E-state index contributed by atoms with van der Waals surface area (Å²) in [7, 11) is 0. The van der Waals surface area contributed by atoms with Crippen molar-refractivity contribution in [3.05, 3.63) is 41.5 Å². The Bertz CT molecular complexity index is 759. The number of piperidine rings is 2. The van der Waals surface area contributed by atoms with Crippen molar-refractivity contribution in [2.45, 2.75) is 81.8 Å². The number of hydrogen-bond donors (Lipinski definition) is 1. The summed E-state index contributed by atoms with van der Waals surface area (Å²) in [6.07, 6.45) is 12.8. The Kier molecular flexibility index (Phi) is 4.48. The zero-order valence-electron chi connectivity index (χ0n) is 16.5. The van der Waals surface area contributed by atoms with E-state index in [1.165, 1.54) is 49.7 Å². The van der Waals surface area contributed by atoms with E-state index in [4.69, 9.17) is 0 Å². The molecule has 0 aromatic heterocycles. The number of hydrogen-bond acceptors (Lipinski definition) is 3. The molecule has 3 fully saturated rings. The molecule has 0 saturated carbocycles. The van der Waals surface area contributed by atoms with Crippen molar-refractivity contribution >= 4 is 11.4 Å². The zero-order valence-corrected chi connectivity index (χ0v) is 16.5. The number of nitrogens with zero attached hydrogens (tertiary/aromatic N) is 1. The number of nitrogens with one attached hydrogen (secondary N) is 1. The maximum Gasteiger partial charge on any atom is 0.160 e. The van der Waals surface area contributed by atoms with Crippen LogP contribution in [0.3, 0.4) is 0 Å². The Morgan fingerprint density at radius 3 is 2.67 bits per heavy atom. The molecule has 3 aliphatic heterocycles. The van der Waals surface area contributed by atoms with Crippen LogP contribution in [0.1, 0.15) is 69.4 Å². The lowest BCUT2D eigenvalue weighted by Gasteiger charge is -2.43. The molecule has 27 heavy (non-hydrogen) atoms. The zero-order chi connectivity index (χ0) is 18.4. The third kappa shape index (κ3) is 3.09. The second kappa shape index (κ2) is 6.86. The third-order valence-corrected chi connectivity index (χ3v) is 7.74. The van der Waals surface area contributed by atoms with E-state index in [1.807, 2.05) is 0 Å². The number of ketones is 1. The van der Waals surface area contributed by atoms with Crippen molar-refractivity contribution in [2.75, 3.05) is 13.1 Å². The van der Waals surface area contributed by atoms with Crippen LogP contribution in [0, 0.1) is 0 Å². The summed E-state index contributed by atoms with van der Waals surface area (Å²) in [5.41, 5.74) is 3.62. The quantitative estimate of drug-likeness (QED) is 0.859. The van der Waals surface area contributed by atoms with Crippen LogP contribution in [0.25, 0.3) is 5.57 Å². The summed E-state index contributed by atoms with van der Waals surface area (Å²) in [6, 6.07) is 10.9. The molecule has 1 N–H and O–H groups in total. The molecule has 3 atom stereocenters. The van der Waals surface area contributed by atoms with E-state index < -0.39 is 0 Å². The summed E-state index contributed by atoms with van der Waals surface area (Å²) in [4.78, 5) is 15.0. The summed E-state index contributed by atoms with van der Waals surface area (Å²) < 4.78 is 0. The van der Waals surface area contributed by atoms with Gasteiger partial charge in [-0.15, -0.1) is 0 Å². The monoisotopic (exact) mass is 364 g/mol. The highest BCUT2D eigenvalue weighted by molar-refractivity contribution is 6.21. The fourth-order valence-corrected chi connectivity index (χ4v) is 6.27. The molecule has 5 rings (SSSR count). The number of fused-ring (bicyclic) bond motifs is 4. The highest BCUT2D eigenvalue weighted by Gasteiger charge is 2.43. The van der Waals surface area contributed by atoms with Gasteiger partial charge in [-0.2, -0.15) is 0 Å². The first-order valence-corrected chi connectivity index (χ1v) is 11.0. The number of benzene rings is 1. The molecular formula is C24H32N2O. The SMILES string of the molecule is CC(=O)C1=CC2(CCN(C3CCC4CCCC(C3)N4)CC2)c2ccccc21. The third-order valence-electron chi connectivity index (χ3n) is 7.74. The van der Waals surface area contributed by atoms with Crippen molar-refractivity contribution in [1.29, 1.82) is 0 Å². The number of carbonyl (C=O) groups is 1. The Balaban J connectivity index is 1.33. The van der Waals surface area contributed by atoms with Gasteiger partial charge in [0.05, 0.1) is 0 Å². The van der Waals surface area contributed by atoms with Crippen LogP contribution >= 0.6 is 0 Å². The number of likely N-dealkylation sites (tertiary alicyclic amines) is 1. The van der Waals surface area contributed by atoms with Crippen LogP contribution in [0.15, 0.2) is 30.3 Å². The van der Waals surface area contributed by atoms with Crippen LogP contribution in [0.2, 0.25) is 0 Å². The van der Waals surface area contributed by atoms with Crippen LogP contribution in [0.4, 0.5) is 0 Å². The lowest BCUT2D eigenvalue weighted by molar-refractivity contribution is -0.111. The minimum absolute atomic E-state index is 0.0902. The Morgan fingerprint density at radius 1 is 1.07 bits per heavy atom. The molecule has 3 heterocycles. The molecule has 0 radical (unpaired) electrons. The van der Waals surface area contributed by atoms with Gasteiger partial charge >= 0.3 is 0 Å². The van der Waals surface area contributed by atoms with Gasteiger partial charge in [-0.05, 0) is 76.1 Å². The highest BCUT2D eigenvalue weighted by atomic mass is 16.1. The Hall–Kier alpha value is -1.45. The van der Waals surface area contributed by atoms with E-state index in [0.29, 0.717) is 0 Å². The number of carbonyl (C=O) groups excluding carboxylic acids is 1. The maximum atomic E-state index is 12.2. The van der Waals surface area contributed by atoms with Gasteiger partial charge in [-0.1, -0.05) is 36.8 Å². The average Bonchev–Trinajstić information content (AvgIpc) is 2.92. The maximum absolute atomic E-state index is 12.2. The standard InChI is InChI=1S/C24H32N2O/c1-17(27)22-16-24(23-8-3-2-7-21(22)23)11-13-26(14-12-24)20-10-9-18-5-4-6-19(15-20)25-18/h2-3,7-8,16,18-20,25H,4-6,9-15H2,1H3. The van der Waals surface area contributed by atoms with Crippen molar-refractivity contribution < 1.29 is 4.79 Å². The molecule has 1 aromatic carbocycles. The molecule has 2 bridgehead atoms. The Morgan fingerprint density at radius 2 is 1.85 bits per heavy atom. The predicted molar refractivity (Wildman–Crippen MR) is 110 cm³/mol. The average molecular weight is 365 g/mol. The molecule has 4 aliphatic rings. The highest BCUT2D eigenvalue weighted by Crippen LogP contribution is 2.47. The van der Waals surface area contributed by atoms with Gasteiger partial charge < -0.3 is 10.2 Å². The second-order valence-electron chi connectivity index (χ2n) is 9.31. The van der Waals surface area contributed by atoms with Crippen molar-refractivity contribution in [3.63, 3.8) is 0 Å². The predicted octanol–water partition coefficient (Wildman–Crippen LogP) is 4.07. The van der Waals surface area contributed by atoms with Gasteiger partial charge in [0.1, 0.15) is 0 Å². The molecule has 3 nitrogen and oxygen atoms in total. The van der Waals surface area contributed by atoms with Gasteiger partial charge in [0.15, 0.2) is 5.78 Å². The van der Waals surface area contributed by atoms with Gasteiger partial charge in [-0.25, -0.2) is 0 Å². The van der Waals surface area contributed by atoms with Gasteiger partial charge in [0.2, 0.25) is 0 Å². The van der Waals surface area contributed by atoms with Crippen LogP contribution < -0.4 is 5.32 Å². The Labute approximate surface area is 163 Å². The molecule has 1 aromatic rings. The lowest BCUT2D eigenvalue weighted by atomic mass is 9.74. The molecule has 0 amide bonds. The minimum atomic E-state index is 0.0902. The molecule has 1 spiro atoms. The fraction of sp³-hybridized carbons (Fsp3) is 0.625. The molecule has 1 aliphatic carbocycles. The van der Waals surface area contributed by atoms with Crippen molar-refractivity contribution in [2.24, 2.45) is 0 Å². The van der Waals surface area contributed by atoms with E-state index in [2.05, 4.69) is 40.6 Å². The first-order valence-electron chi connectivity index (χ1n) is 11.0. The van der Waals surface area contributed by atoms with Crippen LogP contribution in [0.5, 0.6) is 0 Å². The number of allylic oxidation sites excluding steroid dienone is 2. The summed E-state index contributed by atoms with van der Waals surface area (Å²) in [5, 5.41) is 3.89. The molecule has 3 unspecified atom stereocenters. The fourth-order valence-electron chi connectivity index (χ4n) is 6.27. The van der Waals surface area contributed by atoms with Gasteiger partial charge in [0, 0.05) is 29.1 Å². The molecule has 3 heteroatoms. The molecular weight excluding hydrogens is 332 g/mol. The van der Waals surface area contributed by atoms with Crippen molar-refractivity contribution in [1.82, 2.24) is 10.2 Å². The van der Waals surface area contributed by atoms with E-state index >= 15 is 0 Å². The topological polar surface area (TPSA) is 32.3 Å². The van der Waals surface area contributed by atoms with Crippen LogP contribution in [-0.4, -0.2) is 41.9 Å². The van der Waals surface area contributed by atoms with Gasteiger partial charge in [-0.3, -0.25) is 4.79 Å². The summed E-state index contributed by atoms with van der Waals surface area (Å²) in [6.45, 7) is 4.05. The van der Waals surface area contributed by atoms with Crippen LogP contribution in [-0.2, 0) is 10.2 Å². The summed E-state index contributed by atoms with van der Waals surface area (Å²) >= 11 is 0. The minimum Gasteiger partial charge on any atom is -0.311 e. The first kappa shape index (κ1) is 17.6. The first-order chi connectivity index (χ1) is 13.1. The normalized spacial score (nSPS) is 32.6. The van der Waals surface area contributed by atoms with E-state index in [9.17, 15) is 4.79 Å². The second-order valence-corrected chi connectivity index (χ2v) is 9.31. The molecule has 144 valence electrons. The van der Waals surface area contributed by atoms with E-state index in [1.54, 1.807) is 6.92 Å². The van der Waals surface area contributed by atoms with Crippen molar-refractivity contribution in [3.8, 4) is 0 Å². The largest absolute Gasteiger partial charge is 0.311 e. The lowest BCUT2D eigenvalue weighted by Crippen LogP contribution is -2.47. The van der Waals surface area contributed by atoms with E-state index in [0.717, 1.165) is 49.6 Å².